The molecule has 1 spiro atoms. The van der Waals surface area contributed by atoms with E-state index in [0.29, 0.717) is 54.5 Å². The zero-order chi connectivity index (χ0) is 39.8. The molecule has 5 heterocycles. The van der Waals surface area contributed by atoms with E-state index in [4.69, 9.17) is 9.72 Å². The van der Waals surface area contributed by atoms with E-state index in [2.05, 4.69) is 50.3 Å². The first-order valence-electron chi connectivity index (χ1n) is 21.1. The van der Waals surface area contributed by atoms with Crippen LogP contribution in [0.5, 0.6) is 0 Å². The Morgan fingerprint density at radius 1 is 0.897 bits per heavy atom. The van der Waals surface area contributed by atoms with Gasteiger partial charge in [-0.05, 0) is 111 Å². The lowest BCUT2D eigenvalue weighted by atomic mass is 9.58. The van der Waals surface area contributed by atoms with Crippen molar-refractivity contribution >= 4 is 28.5 Å². The first-order valence-corrected chi connectivity index (χ1v) is 21.1. The normalized spacial score (nSPS) is 21.5. The van der Waals surface area contributed by atoms with Gasteiger partial charge in [-0.3, -0.25) is 14.5 Å². The Bertz CT molecular complexity index is 2340. The monoisotopic (exact) mass is 784 g/mol. The molecule has 0 bridgehead atoms. The van der Waals surface area contributed by atoms with Gasteiger partial charge in [0, 0.05) is 91.5 Å². The Morgan fingerprint density at radius 2 is 1.67 bits per heavy atom. The molecule has 0 radical (unpaired) electrons. The Morgan fingerprint density at radius 3 is 2.43 bits per heavy atom. The van der Waals surface area contributed by atoms with Gasteiger partial charge in [0.1, 0.15) is 5.82 Å². The fourth-order valence-corrected chi connectivity index (χ4v) is 9.87. The van der Waals surface area contributed by atoms with Crippen molar-refractivity contribution < 1.29 is 18.7 Å². The summed E-state index contributed by atoms with van der Waals surface area (Å²) in [6.45, 7) is 9.94. The van der Waals surface area contributed by atoms with Gasteiger partial charge in [-0.25, -0.2) is 14.1 Å². The van der Waals surface area contributed by atoms with Crippen molar-refractivity contribution in [1.29, 1.82) is 0 Å². The summed E-state index contributed by atoms with van der Waals surface area (Å²) in [4.78, 5) is 34.7. The van der Waals surface area contributed by atoms with E-state index in [-0.39, 0.29) is 36.8 Å². The van der Waals surface area contributed by atoms with Gasteiger partial charge in [0.05, 0.1) is 17.3 Å². The van der Waals surface area contributed by atoms with Crippen molar-refractivity contribution in [3.05, 3.63) is 112 Å². The van der Waals surface area contributed by atoms with Crippen molar-refractivity contribution in [2.75, 3.05) is 31.6 Å². The number of hydrogen-bond donors (Lipinski definition) is 4. The molecule has 3 saturated heterocycles. The van der Waals surface area contributed by atoms with Crippen molar-refractivity contribution in [3.8, 4) is 11.1 Å². The molecule has 4 fully saturated rings. The minimum absolute atomic E-state index is 0.207. The molecule has 3 unspecified atom stereocenters. The molecular formula is C46H53FN8O3. The molecule has 302 valence electrons. The summed E-state index contributed by atoms with van der Waals surface area (Å²) in [5, 5.41) is 19.1. The van der Waals surface area contributed by atoms with Crippen LogP contribution in [-0.4, -0.2) is 75.4 Å². The van der Waals surface area contributed by atoms with Gasteiger partial charge in [0.2, 0.25) is 0 Å². The number of nitrogens with one attached hydrogen (secondary N) is 4. The number of carbonyl (C=O) groups is 2. The van der Waals surface area contributed by atoms with E-state index in [1.165, 1.54) is 38.4 Å². The van der Waals surface area contributed by atoms with E-state index in [1.807, 2.05) is 29.9 Å². The number of anilines is 1. The van der Waals surface area contributed by atoms with Crippen molar-refractivity contribution in [2.24, 2.45) is 5.92 Å². The van der Waals surface area contributed by atoms with Crippen LogP contribution < -0.4 is 21.3 Å². The summed E-state index contributed by atoms with van der Waals surface area (Å²) >= 11 is 0. The summed E-state index contributed by atoms with van der Waals surface area (Å²) < 4.78 is 22.7. The van der Waals surface area contributed by atoms with Crippen molar-refractivity contribution in [2.45, 2.75) is 96.2 Å². The second-order valence-corrected chi connectivity index (χ2v) is 16.4. The van der Waals surface area contributed by atoms with Gasteiger partial charge in [-0.2, -0.15) is 5.10 Å². The maximum Gasteiger partial charge on any atom is 0.251 e. The van der Waals surface area contributed by atoms with Gasteiger partial charge in [-0.1, -0.05) is 37.3 Å². The summed E-state index contributed by atoms with van der Waals surface area (Å²) in [5.74, 6) is -0.167. The smallest absolute Gasteiger partial charge is 0.251 e. The highest BCUT2D eigenvalue weighted by molar-refractivity contribution is 6.00. The number of hydrogen-bond acceptors (Lipinski definition) is 8. The van der Waals surface area contributed by atoms with Crippen LogP contribution in [-0.2, 0) is 37.3 Å². The topological polar surface area (TPSA) is 125 Å². The highest BCUT2D eigenvalue weighted by Gasteiger charge is 2.64. The van der Waals surface area contributed by atoms with Crippen LogP contribution in [0.25, 0.3) is 22.2 Å². The zero-order valence-corrected chi connectivity index (χ0v) is 33.5. The molecule has 1 saturated carbocycles. The van der Waals surface area contributed by atoms with Gasteiger partial charge in [-0.15, -0.1) is 0 Å². The molecule has 4 aliphatic rings. The maximum atomic E-state index is 15.2. The van der Waals surface area contributed by atoms with Gasteiger partial charge in [0.15, 0.2) is 5.65 Å². The second-order valence-electron chi connectivity index (χ2n) is 16.4. The molecular weight excluding hydrogens is 732 g/mol. The van der Waals surface area contributed by atoms with Crippen LogP contribution in [0.1, 0.15) is 89.1 Å². The average molecular weight is 785 g/mol. The number of fused-ring (bicyclic) bond motifs is 1. The first kappa shape index (κ1) is 38.4. The quantitative estimate of drug-likeness (QED) is 0.0994. The molecule has 4 N–H and O–H groups in total. The van der Waals surface area contributed by atoms with Crippen LogP contribution in [0.3, 0.4) is 0 Å². The zero-order valence-electron chi connectivity index (χ0n) is 33.5. The van der Waals surface area contributed by atoms with Gasteiger partial charge >= 0.3 is 0 Å². The van der Waals surface area contributed by atoms with Crippen LogP contribution in [0, 0.1) is 11.7 Å². The SMILES string of the molecule is CCc1nc2c(cnn2CC)c(NC2CCOCC2)c1CNC(=O)c1cccc(C(=O)NCc2ccc(F)c(-c3cccc(CNC4CC56CCN5CCC46)c3)c2)c1. The molecule has 5 aromatic rings. The van der Waals surface area contributed by atoms with Crippen molar-refractivity contribution in [1.82, 2.24) is 35.6 Å². The minimum atomic E-state index is -0.322. The minimum Gasteiger partial charge on any atom is -0.381 e. The van der Waals surface area contributed by atoms with Gasteiger partial charge < -0.3 is 26.0 Å². The van der Waals surface area contributed by atoms with E-state index < -0.39 is 0 Å². The number of ether oxygens (including phenoxy) is 1. The number of nitrogens with zero attached hydrogens (tertiary/aromatic N) is 4. The Labute approximate surface area is 339 Å². The number of halogens is 1. The number of benzene rings is 3. The molecule has 1 aliphatic carbocycles. The van der Waals surface area contributed by atoms with Crippen LogP contribution in [0.15, 0.2) is 72.9 Å². The number of pyridine rings is 1. The molecule has 11 nitrogen and oxygen atoms in total. The molecule has 2 amide bonds. The standard InChI is InChI=1S/C46H53FN8O3/c1-3-40-36(42(52-34-14-19-58-20-15-34)37-28-51-55(4-2)43(37)53-40)27-50-45(57)33-10-6-9-32(23-33)44(56)49-26-30-11-12-39(47)35(22-30)31-8-5-7-29(21-31)25-48-41-24-46-16-18-54(46)17-13-38(41)46/h5-12,21-23,28,34,38,41,48H,3-4,13-20,24-27H2,1-2H3,(H,49,56)(H,50,57)(H,52,53). The Kier molecular flexibility index (Phi) is 10.7. The number of rotatable bonds is 14. The molecule has 58 heavy (non-hydrogen) atoms. The molecule has 9 rings (SSSR count). The van der Waals surface area contributed by atoms with Crippen LogP contribution >= 0.6 is 0 Å². The third-order valence-corrected chi connectivity index (χ3v) is 13.2. The lowest BCUT2D eigenvalue weighted by Gasteiger charge is -2.62. The van der Waals surface area contributed by atoms with E-state index in [1.54, 1.807) is 36.4 Å². The third-order valence-electron chi connectivity index (χ3n) is 13.2. The van der Waals surface area contributed by atoms with E-state index in [0.717, 1.165) is 70.0 Å². The highest BCUT2D eigenvalue weighted by atomic mass is 19.1. The van der Waals surface area contributed by atoms with Crippen LogP contribution in [0.4, 0.5) is 10.1 Å². The molecule has 3 atom stereocenters. The summed E-state index contributed by atoms with van der Waals surface area (Å²) in [7, 11) is 0. The third kappa shape index (κ3) is 7.26. The molecule has 3 aromatic carbocycles. The van der Waals surface area contributed by atoms with Gasteiger partial charge in [0.25, 0.3) is 11.8 Å². The number of amides is 2. The summed E-state index contributed by atoms with van der Waals surface area (Å²) in [5.41, 5.74) is 8.05. The lowest BCUT2D eigenvalue weighted by molar-refractivity contribution is -0.0888. The fourth-order valence-electron chi connectivity index (χ4n) is 9.87. The van der Waals surface area contributed by atoms with Crippen LogP contribution in [0.2, 0.25) is 0 Å². The highest BCUT2D eigenvalue weighted by Crippen LogP contribution is 2.57. The molecule has 12 heteroatoms. The molecule has 3 aliphatic heterocycles. The Hall–Kier alpha value is -5.17. The lowest BCUT2D eigenvalue weighted by Crippen LogP contribution is -2.71. The number of aryl methyl sites for hydroxylation is 2. The summed E-state index contributed by atoms with van der Waals surface area (Å²) in [6.07, 6.45) is 8.18. The Balaban J connectivity index is 0.839. The predicted molar refractivity (Wildman–Crippen MR) is 223 cm³/mol. The fraction of sp³-hybridized carbons (Fsp3) is 0.435. The van der Waals surface area contributed by atoms with E-state index in [9.17, 15) is 9.59 Å². The van der Waals surface area contributed by atoms with Crippen molar-refractivity contribution in [3.63, 3.8) is 0 Å². The average Bonchev–Trinajstić information content (AvgIpc) is 3.74. The second kappa shape index (κ2) is 16.2. The molecule has 2 aromatic heterocycles. The van der Waals surface area contributed by atoms with E-state index >= 15 is 4.39 Å². The maximum absolute atomic E-state index is 15.2. The predicted octanol–water partition coefficient (Wildman–Crippen LogP) is 6.60. The number of aromatic nitrogens is 3. The first-order chi connectivity index (χ1) is 28.3. The number of carbonyl (C=O) groups excluding carboxylic acids is 2. The largest absolute Gasteiger partial charge is 0.381 e. The summed E-state index contributed by atoms with van der Waals surface area (Å²) in [6, 6.07) is 20.5.